The minimum Gasteiger partial charge on any atom is -0.328 e. The summed E-state index contributed by atoms with van der Waals surface area (Å²) in [5.41, 5.74) is 3.58. The number of amides is 1. The highest BCUT2D eigenvalue weighted by Crippen LogP contribution is 2.27. The molecular formula is C33H30N4O4. The van der Waals surface area contributed by atoms with Gasteiger partial charge in [0.05, 0.1) is 27.6 Å². The number of nitro groups is 1. The minimum absolute atomic E-state index is 0.119. The van der Waals surface area contributed by atoms with Crippen molar-refractivity contribution in [3.63, 3.8) is 0 Å². The van der Waals surface area contributed by atoms with E-state index in [9.17, 15) is 19.7 Å². The quantitative estimate of drug-likeness (QED) is 0.167. The number of nitro benzene ring substituents is 1. The summed E-state index contributed by atoms with van der Waals surface area (Å²) in [7, 11) is 0. The lowest BCUT2D eigenvalue weighted by molar-refractivity contribution is -0.385. The zero-order chi connectivity index (χ0) is 29.1. The van der Waals surface area contributed by atoms with Gasteiger partial charge in [0.2, 0.25) is 0 Å². The highest BCUT2D eigenvalue weighted by Gasteiger charge is 2.29. The first-order chi connectivity index (χ1) is 19.7. The van der Waals surface area contributed by atoms with E-state index in [-0.39, 0.29) is 22.7 Å². The Balaban J connectivity index is 1.66. The largest absolute Gasteiger partial charge is 0.328 e. The summed E-state index contributed by atoms with van der Waals surface area (Å²) in [6.45, 7) is 5.76. The number of hydrogen-bond donors (Lipinski definition) is 0. The molecular weight excluding hydrogens is 516 g/mol. The Bertz CT molecular complexity index is 1800. The number of para-hydroxylation sites is 1. The molecule has 5 rings (SSSR count). The van der Waals surface area contributed by atoms with Gasteiger partial charge in [0.25, 0.3) is 17.2 Å². The molecule has 1 aromatic heterocycles. The van der Waals surface area contributed by atoms with Crippen molar-refractivity contribution >= 4 is 22.5 Å². The molecule has 8 heteroatoms. The van der Waals surface area contributed by atoms with Gasteiger partial charge in [-0.05, 0) is 63.1 Å². The fourth-order valence-electron chi connectivity index (χ4n) is 4.98. The smallest absolute Gasteiger partial charge is 0.273 e. The molecule has 0 radical (unpaired) electrons. The van der Waals surface area contributed by atoms with Crippen LogP contribution < -0.4 is 5.56 Å². The van der Waals surface area contributed by atoms with Crippen molar-refractivity contribution in [3.05, 3.63) is 146 Å². The molecule has 1 unspecified atom stereocenters. The number of carbonyl (C=O) groups excluding carboxylic acids is 1. The van der Waals surface area contributed by atoms with Crippen LogP contribution in [0.4, 0.5) is 5.69 Å². The fourth-order valence-corrected chi connectivity index (χ4v) is 4.98. The molecule has 5 aromatic rings. The Morgan fingerprint density at radius 2 is 1.63 bits per heavy atom. The van der Waals surface area contributed by atoms with Crippen molar-refractivity contribution in [1.29, 1.82) is 0 Å². The highest BCUT2D eigenvalue weighted by molar-refractivity contribution is 5.95. The van der Waals surface area contributed by atoms with Crippen LogP contribution in [0.25, 0.3) is 16.6 Å². The third-order valence-corrected chi connectivity index (χ3v) is 7.33. The molecule has 1 atom stereocenters. The van der Waals surface area contributed by atoms with Crippen molar-refractivity contribution in [1.82, 2.24) is 14.5 Å². The molecule has 0 saturated carbocycles. The summed E-state index contributed by atoms with van der Waals surface area (Å²) in [5, 5.41) is 12.1. The zero-order valence-corrected chi connectivity index (χ0v) is 23.2. The van der Waals surface area contributed by atoms with E-state index in [0.717, 1.165) is 11.1 Å². The van der Waals surface area contributed by atoms with Gasteiger partial charge in [-0.3, -0.25) is 24.3 Å². The second kappa shape index (κ2) is 11.6. The second-order valence-corrected chi connectivity index (χ2v) is 10.1. The van der Waals surface area contributed by atoms with E-state index in [1.54, 1.807) is 46.7 Å². The maximum Gasteiger partial charge on any atom is 0.273 e. The highest BCUT2D eigenvalue weighted by atomic mass is 16.6. The average molecular weight is 547 g/mol. The molecule has 0 aliphatic carbocycles. The average Bonchev–Trinajstić information content (AvgIpc) is 2.98. The normalized spacial score (nSPS) is 11.8. The number of aryl methyl sites for hydroxylation is 2. The summed E-state index contributed by atoms with van der Waals surface area (Å²) in [5.74, 6) is 0.0231. The van der Waals surface area contributed by atoms with Crippen molar-refractivity contribution in [3.8, 4) is 5.69 Å². The van der Waals surface area contributed by atoms with Crippen molar-refractivity contribution in [2.24, 2.45) is 0 Å². The van der Waals surface area contributed by atoms with Crippen molar-refractivity contribution < 1.29 is 9.72 Å². The van der Waals surface area contributed by atoms with Gasteiger partial charge in [0.1, 0.15) is 5.82 Å². The van der Waals surface area contributed by atoms with Crippen LogP contribution in [0, 0.1) is 24.0 Å². The molecule has 0 N–H and O–H groups in total. The molecule has 1 amide bonds. The first kappa shape index (κ1) is 27.5. The number of rotatable bonds is 8. The van der Waals surface area contributed by atoms with Gasteiger partial charge in [-0.2, -0.15) is 0 Å². The molecule has 1 heterocycles. The van der Waals surface area contributed by atoms with Crippen LogP contribution in [0.3, 0.4) is 0 Å². The Morgan fingerprint density at radius 1 is 0.951 bits per heavy atom. The molecule has 0 aliphatic rings. The number of nitrogens with zero attached hydrogens (tertiary/aromatic N) is 4. The van der Waals surface area contributed by atoms with E-state index in [0.29, 0.717) is 40.9 Å². The van der Waals surface area contributed by atoms with Gasteiger partial charge in [0, 0.05) is 23.7 Å². The van der Waals surface area contributed by atoms with Crippen LogP contribution >= 0.6 is 0 Å². The number of carbonyl (C=O) groups is 1. The van der Waals surface area contributed by atoms with Gasteiger partial charge >= 0.3 is 0 Å². The van der Waals surface area contributed by atoms with Crippen molar-refractivity contribution in [2.45, 2.75) is 33.2 Å². The van der Waals surface area contributed by atoms with Gasteiger partial charge in [-0.25, -0.2) is 4.98 Å². The fraction of sp³-hybridized carbons (Fsp3) is 0.182. The molecule has 0 aliphatic heterocycles. The number of hydrogen-bond acceptors (Lipinski definition) is 5. The van der Waals surface area contributed by atoms with Crippen LogP contribution in [0.1, 0.15) is 45.8 Å². The second-order valence-electron chi connectivity index (χ2n) is 10.1. The summed E-state index contributed by atoms with van der Waals surface area (Å²) >= 11 is 0. The van der Waals surface area contributed by atoms with Gasteiger partial charge in [-0.15, -0.1) is 0 Å². The predicted molar refractivity (Wildman–Crippen MR) is 160 cm³/mol. The Labute approximate surface area is 237 Å². The first-order valence-electron chi connectivity index (χ1n) is 13.4. The predicted octanol–water partition coefficient (Wildman–Crippen LogP) is 6.36. The lowest BCUT2D eigenvalue weighted by atomic mass is 10.1. The molecule has 8 nitrogen and oxygen atoms in total. The summed E-state index contributed by atoms with van der Waals surface area (Å²) in [6, 6.07) is 28.4. The maximum absolute atomic E-state index is 14.1. The van der Waals surface area contributed by atoms with Crippen LogP contribution in [0.5, 0.6) is 0 Å². The van der Waals surface area contributed by atoms with Crippen LogP contribution in [0.15, 0.2) is 102 Å². The SMILES string of the molecule is Cc1ccc(-n2c(C(C)N(CCc3ccccc3)C(=O)c3ccc(C)c([N+](=O)[O-])c3)nc3ccccc3c2=O)cc1. The minimum atomic E-state index is -0.648. The van der Waals surface area contributed by atoms with Crippen molar-refractivity contribution in [2.75, 3.05) is 6.54 Å². The lowest BCUT2D eigenvalue weighted by Crippen LogP contribution is -2.38. The molecule has 206 valence electrons. The molecule has 41 heavy (non-hydrogen) atoms. The third kappa shape index (κ3) is 5.63. The van der Waals surface area contributed by atoms with Gasteiger partial charge < -0.3 is 4.90 Å². The lowest BCUT2D eigenvalue weighted by Gasteiger charge is -2.31. The molecule has 0 fully saturated rings. The summed E-state index contributed by atoms with van der Waals surface area (Å²) in [6.07, 6.45) is 0.549. The number of fused-ring (bicyclic) bond motifs is 1. The Morgan fingerprint density at radius 3 is 2.34 bits per heavy atom. The first-order valence-corrected chi connectivity index (χ1v) is 13.4. The van der Waals surface area contributed by atoms with E-state index in [1.165, 1.54) is 6.07 Å². The molecule has 0 saturated heterocycles. The third-order valence-electron chi connectivity index (χ3n) is 7.33. The van der Waals surface area contributed by atoms with E-state index in [1.807, 2.05) is 74.5 Å². The maximum atomic E-state index is 14.1. The Kier molecular flexibility index (Phi) is 7.74. The number of benzene rings is 4. The molecule has 0 bridgehead atoms. The topological polar surface area (TPSA) is 98.3 Å². The van der Waals surface area contributed by atoms with E-state index < -0.39 is 11.0 Å². The zero-order valence-electron chi connectivity index (χ0n) is 23.2. The Hall–Kier alpha value is -5.11. The van der Waals surface area contributed by atoms with Crippen LogP contribution in [0.2, 0.25) is 0 Å². The summed E-state index contributed by atoms with van der Waals surface area (Å²) in [4.78, 5) is 45.7. The van der Waals surface area contributed by atoms with Crippen LogP contribution in [-0.4, -0.2) is 31.8 Å². The van der Waals surface area contributed by atoms with E-state index in [2.05, 4.69) is 0 Å². The van der Waals surface area contributed by atoms with E-state index in [4.69, 9.17) is 4.98 Å². The van der Waals surface area contributed by atoms with Gasteiger partial charge in [0.15, 0.2) is 0 Å². The molecule has 0 spiro atoms. The van der Waals surface area contributed by atoms with E-state index >= 15 is 0 Å². The monoisotopic (exact) mass is 546 g/mol. The van der Waals surface area contributed by atoms with Gasteiger partial charge in [-0.1, -0.05) is 66.2 Å². The standard InChI is InChI=1S/C33H30N4O4/c1-22-13-17-27(18-14-22)36-31(34-29-12-8-7-11-28(29)33(36)39)24(3)35(20-19-25-9-5-4-6-10-25)32(38)26-16-15-23(2)30(21-26)37(40)41/h4-18,21,24H,19-20H2,1-3H3. The summed E-state index contributed by atoms with van der Waals surface area (Å²) < 4.78 is 1.56. The number of aromatic nitrogens is 2. The molecule has 4 aromatic carbocycles. The van der Waals surface area contributed by atoms with Crippen LogP contribution in [-0.2, 0) is 6.42 Å².